The first-order valence-electron chi connectivity index (χ1n) is 9.92. The highest BCUT2D eigenvalue weighted by Gasteiger charge is 2.29. The van der Waals surface area contributed by atoms with E-state index >= 15 is 0 Å². The monoisotopic (exact) mass is 426 g/mol. The number of benzene rings is 2. The number of amides is 1. The van der Waals surface area contributed by atoms with Crippen molar-refractivity contribution in [2.24, 2.45) is 0 Å². The second kappa shape index (κ2) is 9.39. The molecule has 0 bridgehead atoms. The van der Waals surface area contributed by atoms with Gasteiger partial charge in [0.2, 0.25) is 15.9 Å². The minimum Gasteiger partial charge on any atom is -0.324 e. The number of hydrogen-bond acceptors (Lipinski definition) is 5. The first-order valence-corrected chi connectivity index (χ1v) is 11.4. The maximum absolute atomic E-state index is 12.9. The van der Waals surface area contributed by atoms with Gasteiger partial charge in [-0.15, -0.1) is 0 Å². The molecule has 0 aliphatic carbocycles. The number of nitriles is 1. The average molecular weight is 427 g/mol. The third kappa shape index (κ3) is 5.05. The summed E-state index contributed by atoms with van der Waals surface area (Å²) < 4.78 is 27.3. The maximum atomic E-state index is 12.9. The van der Waals surface area contributed by atoms with Crippen molar-refractivity contribution in [3.8, 4) is 6.07 Å². The van der Waals surface area contributed by atoms with E-state index in [0.29, 0.717) is 48.2 Å². The second-order valence-electron chi connectivity index (χ2n) is 7.61. The van der Waals surface area contributed by atoms with Crippen molar-refractivity contribution in [1.29, 1.82) is 5.26 Å². The Bertz CT molecular complexity index is 1030. The van der Waals surface area contributed by atoms with Gasteiger partial charge in [-0.1, -0.05) is 38.1 Å². The van der Waals surface area contributed by atoms with E-state index in [1.165, 1.54) is 4.31 Å². The van der Waals surface area contributed by atoms with Crippen LogP contribution in [0.3, 0.4) is 0 Å². The van der Waals surface area contributed by atoms with Crippen LogP contribution in [0.1, 0.15) is 30.9 Å². The Morgan fingerprint density at radius 1 is 1.07 bits per heavy atom. The molecule has 0 aromatic heterocycles. The van der Waals surface area contributed by atoms with E-state index in [2.05, 4.69) is 25.2 Å². The van der Waals surface area contributed by atoms with Crippen molar-refractivity contribution in [3.63, 3.8) is 0 Å². The largest absolute Gasteiger partial charge is 0.324 e. The molecule has 30 heavy (non-hydrogen) atoms. The number of hydrogen-bond donors (Lipinski definition) is 1. The van der Waals surface area contributed by atoms with Crippen LogP contribution in [0.5, 0.6) is 0 Å². The summed E-state index contributed by atoms with van der Waals surface area (Å²) in [5.41, 5.74) is 1.99. The zero-order valence-corrected chi connectivity index (χ0v) is 18.0. The number of carbonyl (C=O) groups is 1. The molecule has 0 saturated carbocycles. The van der Waals surface area contributed by atoms with Gasteiger partial charge in [0.1, 0.15) is 6.07 Å². The minimum atomic E-state index is -3.54. The van der Waals surface area contributed by atoms with E-state index < -0.39 is 10.0 Å². The van der Waals surface area contributed by atoms with Crippen LogP contribution in [-0.4, -0.2) is 56.3 Å². The van der Waals surface area contributed by atoms with Crippen LogP contribution in [0.15, 0.2) is 53.4 Å². The maximum Gasteiger partial charge on any atom is 0.243 e. The Hall–Kier alpha value is -2.73. The summed E-state index contributed by atoms with van der Waals surface area (Å²) in [7, 11) is -3.54. The Kier molecular flexibility index (Phi) is 6.87. The molecule has 1 fully saturated rings. The molecule has 1 amide bonds. The van der Waals surface area contributed by atoms with Gasteiger partial charge in [-0.05, 0) is 35.7 Å². The van der Waals surface area contributed by atoms with E-state index in [1.54, 1.807) is 36.4 Å². The molecule has 1 N–H and O–H groups in total. The SMILES string of the molecule is CC(C)c1ccc(S(=O)(=O)N2CCN(CC(=O)Nc3ccccc3C#N)CC2)cc1. The molecule has 0 spiro atoms. The van der Waals surface area contributed by atoms with Gasteiger partial charge in [0.05, 0.1) is 22.7 Å². The van der Waals surface area contributed by atoms with E-state index in [0.717, 1.165) is 5.56 Å². The van der Waals surface area contributed by atoms with Gasteiger partial charge in [0.25, 0.3) is 0 Å². The molecule has 7 nitrogen and oxygen atoms in total. The van der Waals surface area contributed by atoms with Gasteiger partial charge in [-0.25, -0.2) is 8.42 Å². The summed E-state index contributed by atoms with van der Waals surface area (Å²) in [5.74, 6) is 0.120. The van der Waals surface area contributed by atoms with Crippen LogP contribution < -0.4 is 5.32 Å². The summed E-state index contributed by atoms with van der Waals surface area (Å²) >= 11 is 0. The molecule has 0 radical (unpaired) electrons. The molecule has 3 rings (SSSR count). The van der Waals surface area contributed by atoms with Crippen LogP contribution >= 0.6 is 0 Å². The van der Waals surface area contributed by atoms with Crippen molar-refractivity contribution in [3.05, 3.63) is 59.7 Å². The zero-order valence-electron chi connectivity index (χ0n) is 17.2. The van der Waals surface area contributed by atoms with Crippen LogP contribution in [0, 0.1) is 11.3 Å². The first-order chi connectivity index (χ1) is 14.3. The fourth-order valence-corrected chi connectivity index (χ4v) is 4.81. The first kappa shape index (κ1) is 22.0. The number of carbonyl (C=O) groups excluding carboxylic acids is 1. The van der Waals surface area contributed by atoms with Crippen LogP contribution in [-0.2, 0) is 14.8 Å². The predicted octanol–water partition coefficient (Wildman–Crippen LogP) is 2.63. The fourth-order valence-electron chi connectivity index (χ4n) is 3.38. The molecule has 1 saturated heterocycles. The van der Waals surface area contributed by atoms with Gasteiger partial charge >= 0.3 is 0 Å². The van der Waals surface area contributed by atoms with Gasteiger partial charge in [0, 0.05) is 26.2 Å². The van der Waals surface area contributed by atoms with Gasteiger partial charge in [0.15, 0.2) is 0 Å². The number of sulfonamides is 1. The zero-order chi connectivity index (χ0) is 21.7. The highest BCUT2D eigenvalue weighted by molar-refractivity contribution is 7.89. The van der Waals surface area contributed by atoms with Crippen molar-refractivity contribution >= 4 is 21.6 Å². The quantitative estimate of drug-likeness (QED) is 0.766. The highest BCUT2D eigenvalue weighted by atomic mass is 32.2. The van der Waals surface area contributed by atoms with Gasteiger partial charge < -0.3 is 5.32 Å². The lowest BCUT2D eigenvalue weighted by atomic mass is 10.0. The lowest BCUT2D eigenvalue weighted by Crippen LogP contribution is -2.50. The predicted molar refractivity (Wildman–Crippen MR) is 116 cm³/mol. The summed E-state index contributed by atoms with van der Waals surface area (Å²) in [4.78, 5) is 14.6. The molecule has 1 aliphatic rings. The number of nitrogens with one attached hydrogen (secondary N) is 1. The van der Waals surface area contributed by atoms with Crippen molar-refractivity contribution in [1.82, 2.24) is 9.21 Å². The van der Waals surface area contributed by atoms with E-state index in [-0.39, 0.29) is 12.5 Å². The topological polar surface area (TPSA) is 93.5 Å². The summed E-state index contributed by atoms with van der Waals surface area (Å²) in [6.45, 7) is 5.88. The van der Waals surface area contributed by atoms with Crippen LogP contribution in [0.25, 0.3) is 0 Å². The van der Waals surface area contributed by atoms with E-state index in [4.69, 9.17) is 5.26 Å². The molecular formula is C22H26N4O3S. The van der Waals surface area contributed by atoms with Crippen LogP contribution in [0.4, 0.5) is 5.69 Å². The minimum absolute atomic E-state index is 0.150. The summed E-state index contributed by atoms with van der Waals surface area (Å²) in [5, 5.41) is 11.9. The normalized spacial score (nSPS) is 15.7. The van der Waals surface area contributed by atoms with Crippen LogP contribution in [0.2, 0.25) is 0 Å². The van der Waals surface area contributed by atoms with Gasteiger partial charge in [-0.3, -0.25) is 9.69 Å². The highest BCUT2D eigenvalue weighted by Crippen LogP contribution is 2.21. The standard InChI is InChI=1S/C22H26N4O3S/c1-17(2)18-7-9-20(10-8-18)30(28,29)26-13-11-25(12-14-26)16-22(27)24-21-6-4-3-5-19(21)15-23/h3-10,17H,11-14,16H2,1-2H3,(H,24,27). The number of para-hydroxylation sites is 1. The van der Waals surface area contributed by atoms with Crippen molar-refractivity contribution in [2.75, 3.05) is 38.0 Å². The third-order valence-electron chi connectivity index (χ3n) is 5.20. The Balaban J connectivity index is 1.56. The Morgan fingerprint density at radius 2 is 1.70 bits per heavy atom. The van der Waals surface area contributed by atoms with E-state index in [9.17, 15) is 13.2 Å². The Morgan fingerprint density at radius 3 is 2.30 bits per heavy atom. The molecule has 1 aliphatic heterocycles. The van der Waals surface area contributed by atoms with E-state index in [1.807, 2.05) is 17.0 Å². The van der Waals surface area contributed by atoms with Gasteiger partial charge in [-0.2, -0.15) is 9.57 Å². The molecule has 2 aromatic carbocycles. The number of nitrogens with zero attached hydrogens (tertiary/aromatic N) is 3. The fraction of sp³-hybridized carbons (Fsp3) is 0.364. The summed E-state index contributed by atoms with van der Waals surface area (Å²) in [6, 6.07) is 15.9. The lowest BCUT2D eigenvalue weighted by Gasteiger charge is -2.33. The van der Waals surface area contributed by atoms with Crippen molar-refractivity contribution < 1.29 is 13.2 Å². The second-order valence-corrected chi connectivity index (χ2v) is 9.55. The lowest BCUT2D eigenvalue weighted by molar-refractivity contribution is -0.117. The smallest absolute Gasteiger partial charge is 0.243 e. The molecule has 8 heteroatoms. The average Bonchev–Trinajstić information content (AvgIpc) is 2.74. The molecule has 0 atom stereocenters. The molecule has 0 unspecified atom stereocenters. The third-order valence-corrected chi connectivity index (χ3v) is 7.12. The number of rotatable bonds is 6. The molecule has 1 heterocycles. The number of anilines is 1. The number of piperazine rings is 1. The summed E-state index contributed by atoms with van der Waals surface area (Å²) in [6.07, 6.45) is 0. The molecular weight excluding hydrogens is 400 g/mol. The molecule has 2 aromatic rings. The molecule has 158 valence electrons. The Labute approximate surface area is 178 Å². The van der Waals surface area contributed by atoms with Crippen molar-refractivity contribution in [2.45, 2.75) is 24.7 Å².